The molecule has 29 heavy (non-hydrogen) atoms. The molecular formula is C20H23ClFN5O2. The first-order chi connectivity index (χ1) is 14.1. The highest BCUT2D eigenvalue weighted by Gasteiger charge is 2.12. The van der Waals surface area contributed by atoms with Crippen LogP contribution in [0.2, 0.25) is 5.02 Å². The Morgan fingerprint density at radius 2 is 2.00 bits per heavy atom. The first-order valence-corrected chi connectivity index (χ1v) is 9.81. The van der Waals surface area contributed by atoms with E-state index in [0.29, 0.717) is 41.2 Å². The van der Waals surface area contributed by atoms with Gasteiger partial charge < -0.3 is 14.8 Å². The Balaban J connectivity index is 1.70. The topological polar surface area (TPSA) is 74.1 Å². The highest BCUT2D eigenvalue weighted by atomic mass is 35.5. The van der Waals surface area contributed by atoms with E-state index in [1.807, 2.05) is 19.1 Å². The van der Waals surface area contributed by atoms with Crippen LogP contribution in [0.5, 0.6) is 11.5 Å². The third kappa shape index (κ3) is 5.35. The van der Waals surface area contributed by atoms with Gasteiger partial charge in [0.2, 0.25) is 5.95 Å². The van der Waals surface area contributed by atoms with Gasteiger partial charge in [-0.15, -0.1) is 0 Å². The summed E-state index contributed by atoms with van der Waals surface area (Å²) in [5, 5.41) is 15.2. The molecule has 1 aromatic heterocycles. The summed E-state index contributed by atoms with van der Waals surface area (Å²) in [6.07, 6.45) is 0.937. The molecule has 0 atom stereocenters. The number of hydrogen-bond donors (Lipinski definition) is 1. The SMILES string of the molecule is CCCn1nnnc1NCc1ccc(OCc2c(F)cccc2Cl)c(OCC)c1. The van der Waals surface area contributed by atoms with Gasteiger partial charge in [0, 0.05) is 18.7 Å². The van der Waals surface area contributed by atoms with Gasteiger partial charge in [-0.05, 0) is 53.6 Å². The lowest BCUT2D eigenvalue weighted by Crippen LogP contribution is -2.09. The molecule has 3 aromatic rings. The Hall–Kier alpha value is -2.87. The zero-order chi connectivity index (χ0) is 20.6. The van der Waals surface area contributed by atoms with Crippen LogP contribution in [0.1, 0.15) is 31.4 Å². The van der Waals surface area contributed by atoms with Gasteiger partial charge in [-0.25, -0.2) is 9.07 Å². The summed E-state index contributed by atoms with van der Waals surface area (Å²) in [5.74, 6) is 1.30. The predicted molar refractivity (Wildman–Crippen MR) is 109 cm³/mol. The molecule has 0 unspecified atom stereocenters. The number of aromatic nitrogens is 4. The van der Waals surface area contributed by atoms with Crippen LogP contribution < -0.4 is 14.8 Å². The fraction of sp³-hybridized carbons (Fsp3) is 0.350. The van der Waals surface area contributed by atoms with Crippen LogP contribution in [-0.4, -0.2) is 26.8 Å². The molecule has 0 fully saturated rings. The van der Waals surface area contributed by atoms with Crippen LogP contribution in [0.4, 0.5) is 10.3 Å². The van der Waals surface area contributed by atoms with Crippen molar-refractivity contribution in [1.82, 2.24) is 20.2 Å². The van der Waals surface area contributed by atoms with E-state index in [1.54, 1.807) is 22.9 Å². The van der Waals surface area contributed by atoms with Crippen molar-refractivity contribution in [2.45, 2.75) is 40.0 Å². The molecular weight excluding hydrogens is 397 g/mol. The number of benzene rings is 2. The third-order valence-corrected chi connectivity index (χ3v) is 4.51. The summed E-state index contributed by atoms with van der Waals surface area (Å²) in [5.41, 5.74) is 1.28. The van der Waals surface area contributed by atoms with E-state index in [1.165, 1.54) is 6.07 Å². The van der Waals surface area contributed by atoms with E-state index in [-0.39, 0.29) is 6.61 Å². The first-order valence-electron chi connectivity index (χ1n) is 9.43. The van der Waals surface area contributed by atoms with Gasteiger partial charge >= 0.3 is 0 Å². The van der Waals surface area contributed by atoms with Crippen LogP contribution in [0.15, 0.2) is 36.4 Å². The average molecular weight is 420 g/mol. The summed E-state index contributed by atoms with van der Waals surface area (Å²) in [7, 11) is 0. The van der Waals surface area contributed by atoms with Crippen molar-refractivity contribution < 1.29 is 13.9 Å². The van der Waals surface area contributed by atoms with Crippen molar-refractivity contribution in [2.75, 3.05) is 11.9 Å². The number of anilines is 1. The molecule has 0 aliphatic rings. The number of aryl methyl sites for hydroxylation is 1. The van der Waals surface area contributed by atoms with Gasteiger partial charge in [-0.2, -0.15) is 0 Å². The Morgan fingerprint density at radius 3 is 2.76 bits per heavy atom. The molecule has 0 bridgehead atoms. The van der Waals surface area contributed by atoms with Gasteiger partial charge in [-0.3, -0.25) is 0 Å². The molecule has 154 valence electrons. The monoisotopic (exact) mass is 419 g/mol. The third-order valence-electron chi connectivity index (χ3n) is 4.16. The minimum atomic E-state index is -0.402. The van der Waals surface area contributed by atoms with E-state index in [2.05, 4.69) is 27.8 Å². The second-order valence-electron chi connectivity index (χ2n) is 6.28. The van der Waals surface area contributed by atoms with Crippen molar-refractivity contribution in [3.63, 3.8) is 0 Å². The molecule has 9 heteroatoms. The fourth-order valence-electron chi connectivity index (χ4n) is 2.74. The van der Waals surface area contributed by atoms with Crippen molar-refractivity contribution >= 4 is 17.5 Å². The summed E-state index contributed by atoms with van der Waals surface area (Å²) in [6, 6.07) is 10.1. The molecule has 7 nitrogen and oxygen atoms in total. The Kier molecular flexibility index (Phi) is 7.24. The van der Waals surface area contributed by atoms with Crippen LogP contribution in [0.3, 0.4) is 0 Å². The molecule has 0 spiro atoms. The maximum Gasteiger partial charge on any atom is 0.243 e. The van der Waals surface area contributed by atoms with E-state index in [4.69, 9.17) is 21.1 Å². The minimum Gasteiger partial charge on any atom is -0.490 e. The quantitative estimate of drug-likeness (QED) is 0.522. The second kappa shape index (κ2) is 10.1. The van der Waals surface area contributed by atoms with E-state index in [0.717, 1.165) is 18.5 Å². The molecule has 0 saturated heterocycles. The molecule has 3 rings (SSSR count). The van der Waals surface area contributed by atoms with Gasteiger partial charge in [-0.1, -0.05) is 35.8 Å². The number of hydrogen-bond acceptors (Lipinski definition) is 6. The molecule has 0 aliphatic carbocycles. The van der Waals surface area contributed by atoms with Crippen molar-refractivity contribution in [3.8, 4) is 11.5 Å². The molecule has 1 N–H and O–H groups in total. The Bertz CT molecular complexity index is 930. The first kappa shape index (κ1) is 20.9. The summed E-state index contributed by atoms with van der Waals surface area (Å²) in [4.78, 5) is 0. The zero-order valence-electron chi connectivity index (χ0n) is 16.4. The molecule has 2 aromatic carbocycles. The van der Waals surface area contributed by atoms with Crippen molar-refractivity contribution in [2.24, 2.45) is 0 Å². The Labute approximate surface area is 173 Å². The number of nitrogens with zero attached hydrogens (tertiary/aromatic N) is 4. The lowest BCUT2D eigenvalue weighted by atomic mass is 10.2. The predicted octanol–water partition coefficient (Wildman–Crippen LogP) is 4.47. The zero-order valence-corrected chi connectivity index (χ0v) is 17.1. The van der Waals surface area contributed by atoms with Gasteiger partial charge in [0.1, 0.15) is 12.4 Å². The van der Waals surface area contributed by atoms with Gasteiger partial charge in [0.15, 0.2) is 11.5 Å². The van der Waals surface area contributed by atoms with Crippen LogP contribution in [0.25, 0.3) is 0 Å². The molecule has 0 amide bonds. The lowest BCUT2D eigenvalue weighted by molar-refractivity contribution is 0.265. The minimum absolute atomic E-state index is 0.00890. The lowest BCUT2D eigenvalue weighted by Gasteiger charge is -2.15. The summed E-state index contributed by atoms with van der Waals surface area (Å²) in [6.45, 7) is 5.69. The number of nitrogens with one attached hydrogen (secondary N) is 1. The molecule has 0 saturated carbocycles. The maximum absolute atomic E-state index is 14.0. The van der Waals surface area contributed by atoms with Crippen LogP contribution >= 0.6 is 11.6 Å². The van der Waals surface area contributed by atoms with E-state index >= 15 is 0 Å². The summed E-state index contributed by atoms with van der Waals surface area (Å²) < 4.78 is 27.2. The van der Waals surface area contributed by atoms with Gasteiger partial charge in [0.25, 0.3) is 0 Å². The molecule has 0 radical (unpaired) electrons. The highest BCUT2D eigenvalue weighted by molar-refractivity contribution is 6.31. The standard InChI is InChI=1S/C20H23ClFN5O2/c1-3-10-27-20(24-25-26-27)23-12-14-8-9-18(19(11-14)28-4-2)29-13-15-16(21)6-5-7-17(15)22/h5-9,11H,3-4,10,12-13H2,1-2H3,(H,23,24,26). The maximum atomic E-state index is 14.0. The highest BCUT2D eigenvalue weighted by Crippen LogP contribution is 2.30. The van der Waals surface area contributed by atoms with E-state index < -0.39 is 5.82 Å². The van der Waals surface area contributed by atoms with Crippen molar-refractivity contribution in [3.05, 3.63) is 58.4 Å². The largest absolute Gasteiger partial charge is 0.490 e. The van der Waals surface area contributed by atoms with Gasteiger partial charge in [0.05, 0.1) is 11.6 Å². The smallest absolute Gasteiger partial charge is 0.243 e. The summed E-state index contributed by atoms with van der Waals surface area (Å²) >= 11 is 6.07. The van der Waals surface area contributed by atoms with E-state index in [9.17, 15) is 4.39 Å². The fourth-order valence-corrected chi connectivity index (χ4v) is 2.96. The van der Waals surface area contributed by atoms with Crippen LogP contribution in [-0.2, 0) is 19.7 Å². The molecule has 1 heterocycles. The number of ether oxygens (including phenoxy) is 2. The normalized spacial score (nSPS) is 10.8. The Morgan fingerprint density at radius 1 is 1.14 bits per heavy atom. The number of rotatable bonds is 10. The number of halogens is 2. The second-order valence-corrected chi connectivity index (χ2v) is 6.69. The number of tetrazole rings is 1. The molecule has 0 aliphatic heterocycles. The average Bonchev–Trinajstić information content (AvgIpc) is 3.15. The van der Waals surface area contributed by atoms with Crippen molar-refractivity contribution in [1.29, 1.82) is 0 Å². The van der Waals surface area contributed by atoms with Crippen LogP contribution in [0, 0.1) is 5.82 Å².